The molecule has 0 aliphatic carbocycles. The molecule has 0 N–H and O–H groups in total. The summed E-state index contributed by atoms with van der Waals surface area (Å²) in [6.45, 7) is 11.6. The van der Waals surface area contributed by atoms with Gasteiger partial charge in [-0.25, -0.2) is 4.79 Å². The summed E-state index contributed by atoms with van der Waals surface area (Å²) < 4.78 is 16.1. The van der Waals surface area contributed by atoms with Gasteiger partial charge >= 0.3 is 17.9 Å². The zero-order valence-electron chi connectivity index (χ0n) is 21.1. The Morgan fingerprint density at radius 3 is 2.06 bits per heavy atom. The molecule has 186 valence electrons. The Morgan fingerprint density at radius 1 is 1.06 bits per heavy atom. The molecule has 2 heterocycles. The Kier molecular flexibility index (Phi) is 8.23. The van der Waals surface area contributed by atoms with Gasteiger partial charge in [0.15, 0.2) is 5.92 Å². The van der Waals surface area contributed by atoms with Crippen LogP contribution in [0.25, 0.3) is 0 Å². The number of carbonyl (C=O) groups is 4. The fourth-order valence-corrected chi connectivity index (χ4v) is 3.56. The van der Waals surface area contributed by atoms with E-state index in [0.717, 1.165) is 0 Å². The van der Waals surface area contributed by atoms with Gasteiger partial charge in [-0.2, -0.15) is 0 Å². The molecule has 1 unspecified atom stereocenters. The highest BCUT2D eigenvalue weighted by Crippen LogP contribution is 2.38. The molecule has 9 heteroatoms. The molecule has 0 aromatic carbocycles. The summed E-state index contributed by atoms with van der Waals surface area (Å²) in [5.74, 6) is -5.02. The van der Waals surface area contributed by atoms with Gasteiger partial charge in [-0.3, -0.25) is 19.4 Å². The minimum Gasteiger partial charge on any atom is -0.462 e. The third-order valence-corrected chi connectivity index (χ3v) is 4.88. The molecule has 0 radical (unpaired) electrons. The van der Waals surface area contributed by atoms with Gasteiger partial charge in [-0.15, -0.1) is 0 Å². The predicted molar refractivity (Wildman–Crippen MR) is 123 cm³/mol. The molecule has 1 aromatic heterocycles. The number of rotatable bonds is 6. The molecule has 2 rings (SSSR count). The van der Waals surface area contributed by atoms with Crippen molar-refractivity contribution in [2.75, 3.05) is 13.7 Å². The highest BCUT2D eigenvalue weighted by Gasteiger charge is 2.46. The number of amides is 1. The summed E-state index contributed by atoms with van der Waals surface area (Å²) >= 11 is 0. The zero-order valence-corrected chi connectivity index (χ0v) is 21.1. The molecule has 0 fully saturated rings. The van der Waals surface area contributed by atoms with Gasteiger partial charge in [-0.1, -0.05) is 6.07 Å². The van der Waals surface area contributed by atoms with Crippen LogP contribution in [0.15, 0.2) is 35.5 Å². The molecular weight excluding hydrogens is 440 g/mol. The number of hydrogen-bond donors (Lipinski definition) is 0. The van der Waals surface area contributed by atoms with Crippen LogP contribution in [-0.4, -0.2) is 58.6 Å². The molecule has 0 saturated heterocycles. The molecule has 1 aliphatic rings. The number of pyridine rings is 1. The topological polar surface area (TPSA) is 112 Å². The zero-order chi connectivity index (χ0) is 25.8. The SMILES string of the molecule is CCOC(=O)C1=C(C(C(=O)OC(C)(C)C)C(=O)OC(C)(C)C)CC(c2ccccn2)N(C)C1=O. The van der Waals surface area contributed by atoms with E-state index in [2.05, 4.69) is 4.98 Å². The van der Waals surface area contributed by atoms with E-state index in [-0.39, 0.29) is 24.2 Å². The Bertz CT molecular complexity index is 943. The molecule has 1 amide bonds. The van der Waals surface area contributed by atoms with Crippen LogP contribution in [0.4, 0.5) is 0 Å². The van der Waals surface area contributed by atoms with Crippen molar-refractivity contribution in [1.82, 2.24) is 9.88 Å². The average Bonchev–Trinajstić information content (AvgIpc) is 2.68. The highest BCUT2D eigenvalue weighted by molar-refractivity contribution is 6.19. The quantitative estimate of drug-likeness (QED) is 0.268. The lowest BCUT2D eigenvalue weighted by Crippen LogP contribution is -2.45. The van der Waals surface area contributed by atoms with E-state index in [1.54, 1.807) is 72.9 Å². The molecule has 1 atom stereocenters. The van der Waals surface area contributed by atoms with E-state index >= 15 is 0 Å². The summed E-state index contributed by atoms with van der Waals surface area (Å²) in [7, 11) is 1.54. The van der Waals surface area contributed by atoms with Crippen molar-refractivity contribution >= 4 is 23.8 Å². The molecule has 0 saturated carbocycles. The first-order valence-corrected chi connectivity index (χ1v) is 11.2. The van der Waals surface area contributed by atoms with Crippen LogP contribution in [0.5, 0.6) is 0 Å². The van der Waals surface area contributed by atoms with Gasteiger partial charge in [0.2, 0.25) is 0 Å². The standard InChI is InChI=1S/C25H34N2O7/c1-9-32-21(29)18-15(14-17(27(8)20(18)28)16-12-10-11-13-26-16)19(22(30)33-24(2,3)4)23(31)34-25(5,6)7/h10-13,17,19H,9,14H2,1-8H3. The maximum atomic E-state index is 13.4. The highest BCUT2D eigenvalue weighted by atomic mass is 16.6. The Labute approximate surface area is 200 Å². The lowest BCUT2D eigenvalue weighted by atomic mass is 9.83. The number of likely N-dealkylation sites (N-methyl/N-ethyl adjacent to an activating group) is 1. The van der Waals surface area contributed by atoms with Crippen molar-refractivity contribution in [3.05, 3.63) is 41.2 Å². The molecule has 1 aromatic rings. The normalized spacial score (nSPS) is 17.0. The Balaban J connectivity index is 2.72. The number of ether oxygens (including phenoxy) is 3. The minimum absolute atomic E-state index is 0.000651. The number of esters is 3. The first-order chi connectivity index (χ1) is 15.7. The van der Waals surface area contributed by atoms with Crippen molar-refractivity contribution in [1.29, 1.82) is 0 Å². The van der Waals surface area contributed by atoms with Crippen LogP contribution in [0.3, 0.4) is 0 Å². The average molecular weight is 475 g/mol. The van der Waals surface area contributed by atoms with Crippen LogP contribution < -0.4 is 0 Å². The Morgan fingerprint density at radius 2 is 1.62 bits per heavy atom. The first-order valence-electron chi connectivity index (χ1n) is 11.2. The second-order valence-corrected chi connectivity index (χ2v) is 10.0. The van der Waals surface area contributed by atoms with E-state index in [4.69, 9.17) is 14.2 Å². The molecule has 1 aliphatic heterocycles. The van der Waals surface area contributed by atoms with Crippen LogP contribution >= 0.6 is 0 Å². The monoisotopic (exact) mass is 474 g/mol. The maximum Gasteiger partial charge on any atom is 0.343 e. The molecular formula is C25H34N2O7. The fourth-order valence-electron chi connectivity index (χ4n) is 3.56. The van der Waals surface area contributed by atoms with Crippen molar-refractivity contribution < 1.29 is 33.4 Å². The van der Waals surface area contributed by atoms with Crippen molar-refractivity contribution in [3.63, 3.8) is 0 Å². The molecule has 0 bridgehead atoms. The van der Waals surface area contributed by atoms with Crippen LogP contribution in [-0.2, 0) is 33.4 Å². The summed E-state index contributed by atoms with van der Waals surface area (Å²) in [6, 6.07) is 4.62. The summed E-state index contributed by atoms with van der Waals surface area (Å²) in [5, 5.41) is 0. The number of carbonyl (C=O) groups excluding carboxylic acids is 4. The molecule has 0 spiro atoms. The van der Waals surface area contributed by atoms with Crippen molar-refractivity contribution in [2.45, 2.75) is 72.1 Å². The van der Waals surface area contributed by atoms with Gasteiger partial charge in [0.1, 0.15) is 16.8 Å². The lowest BCUT2D eigenvalue weighted by molar-refractivity contribution is -0.172. The van der Waals surface area contributed by atoms with Gasteiger partial charge in [0, 0.05) is 13.2 Å². The first kappa shape index (κ1) is 27.0. The Hall–Kier alpha value is -3.23. The van der Waals surface area contributed by atoms with E-state index < -0.39 is 47.0 Å². The summed E-state index contributed by atoms with van der Waals surface area (Å²) in [4.78, 5) is 58.5. The van der Waals surface area contributed by atoms with Gasteiger partial charge in [0.05, 0.1) is 18.3 Å². The molecule has 9 nitrogen and oxygen atoms in total. The van der Waals surface area contributed by atoms with E-state index in [9.17, 15) is 19.2 Å². The maximum absolute atomic E-state index is 13.4. The second-order valence-electron chi connectivity index (χ2n) is 10.0. The minimum atomic E-state index is -1.62. The summed E-state index contributed by atoms with van der Waals surface area (Å²) in [5.41, 5.74) is -1.65. The third-order valence-electron chi connectivity index (χ3n) is 4.88. The largest absolute Gasteiger partial charge is 0.462 e. The summed E-state index contributed by atoms with van der Waals surface area (Å²) in [6.07, 6.45) is 1.58. The van der Waals surface area contributed by atoms with Crippen LogP contribution in [0, 0.1) is 5.92 Å². The number of nitrogens with zero attached hydrogens (tertiary/aromatic N) is 2. The molecule has 34 heavy (non-hydrogen) atoms. The number of hydrogen-bond acceptors (Lipinski definition) is 8. The second kappa shape index (κ2) is 10.4. The van der Waals surface area contributed by atoms with Crippen molar-refractivity contribution in [2.24, 2.45) is 5.92 Å². The van der Waals surface area contributed by atoms with Crippen LogP contribution in [0.2, 0.25) is 0 Å². The third kappa shape index (κ3) is 6.65. The van der Waals surface area contributed by atoms with E-state index in [1.165, 1.54) is 11.9 Å². The predicted octanol–water partition coefficient (Wildman–Crippen LogP) is 3.14. The van der Waals surface area contributed by atoms with Gasteiger partial charge in [-0.05, 0) is 72.6 Å². The fraction of sp³-hybridized carbons (Fsp3) is 0.560. The van der Waals surface area contributed by atoms with Crippen molar-refractivity contribution in [3.8, 4) is 0 Å². The van der Waals surface area contributed by atoms with E-state index in [0.29, 0.717) is 5.69 Å². The van der Waals surface area contributed by atoms with E-state index in [1.807, 2.05) is 0 Å². The van der Waals surface area contributed by atoms with Crippen LogP contribution in [0.1, 0.15) is 66.6 Å². The van der Waals surface area contributed by atoms with Gasteiger partial charge in [0.25, 0.3) is 5.91 Å². The lowest BCUT2D eigenvalue weighted by Gasteiger charge is -2.36. The van der Waals surface area contributed by atoms with Gasteiger partial charge < -0.3 is 19.1 Å². The smallest absolute Gasteiger partial charge is 0.343 e. The number of aromatic nitrogens is 1.